The van der Waals surface area contributed by atoms with Gasteiger partial charge in [0, 0.05) is 37.8 Å². The Kier molecular flexibility index (Phi) is 6.89. The molecular weight excluding hydrogens is 396 g/mol. The van der Waals surface area contributed by atoms with Crippen molar-refractivity contribution >= 4 is 23.2 Å². The predicted molar refractivity (Wildman–Crippen MR) is 119 cm³/mol. The second kappa shape index (κ2) is 9.59. The summed E-state index contributed by atoms with van der Waals surface area (Å²) in [6.45, 7) is 7.59. The number of hydrogen-bond acceptors (Lipinski definition) is 5. The van der Waals surface area contributed by atoms with Crippen molar-refractivity contribution in [3.05, 3.63) is 69.8 Å². The van der Waals surface area contributed by atoms with E-state index >= 15 is 0 Å². The summed E-state index contributed by atoms with van der Waals surface area (Å²) in [5.74, 6) is -0.470. The number of rotatable bonds is 6. The van der Waals surface area contributed by atoms with Crippen molar-refractivity contribution in [2.45, 2.75) is 26.8 Å². The average Bonchev–Trinajstić information content (AvgIpc) is 2.76. The summed E-state index contributed by atoms with van der Waals surface area (Å²) in [7, 11) is 0. The summed E-state index contributed by atoms with van der Waals surface area (Å²) in [5.41, 5.74) is 2.13. The van der Waals surface area contributed by atoms with Crippen molar-refractivity contribution in [3.63, 3.8) is 0 Å². The first-order valence-corrected chi connectivity index (χ1v) is 10.4. The molecule has 0 aromatic heterocycles. The minimum atomic E-state index is -0.634. The molecule has 1 N–H and O–H groups in total. The van der Waals surface area contributed by atoms with Gasteiger partial charge in [0.15, 0.2) is 0 Å². The van der Waals surface area contributed by atoms with Gasteiger partial charge in [-0.3, -0.25) is 19.7 Å². The van der Waals surface area contributed by atoms with Gasteiger partial charge in [0.1, 0.15) is 11.7 Å². The van der Waals surface area contributed by atoms with Crippen molar-refractivity contribution < 1.29 is 14.5 Å². The van der Waals surface area contributed by atoms with Crippen LogP contribution in [-0.2, 0) is 4.79 Å². The molecule has 2 aromatic rings. The van der Waals surface area contributed by atoms with Crippen LogP contribution in [-0.4, -0.2) is 53.9 Å². The van der Waals surface area contributed by atoms with Crippen LogP contribution in [0.3, 0.4) is 0 Å². The Bertz CT molecular complexity index is 968. The van der Waals surface area contributed by atoms with E-state index in [0.29, 0.717) is 37.4 Å². The monoisotopic (exact) mass is 424 g/mol. The number of nitro groups is 1. The highest BCUT2D eigenvalue weighted by atomic mass is 16.6. The molecule has 2 aromatic carbocycles. The molecule has 1 fully saturated rings. The van der Waals surface area contributed by atoms with Crippen LogP contribution in [0.1, 0.15) is 29.8 Å². The Morgan fingerprint density at radius 2 is 1.71 bits per heavy atom. The Balaban J connectivity index is 1.66. The van der Waals surface area contributed by atoms with E-state index in [4.69, 9.17) is 0 Å². The van der Waals surface area contributed by atoms with Crippen LogP contribution in [0.15, 0.2) is 48.5 Å². The van der Waals surface area contributed by atoms with Crippen LogP contribution in [0.5, 0.6) is 0 Å². The van der Waals surface area contributed by atoms with Crippen LogP contribution >= 0.6 is 0 Å². The molecular formula is C23H28N4O4. The fourth-order valence-electron chi connectivity index (χ4n) is 3.77. The summed E-state index contributed by atoms with van der Waals surface area (Å²) in [6, 6.07) is 13.3. The highest BCUT2D eigenvalue weighted by Gasteiger charge is 2.32. The molecule has 8 nitrogen and oxygen atoms in total. The van der Waals surface area contributed by atoms with Crippen LogP contribution in [0, 0.1) is 23.0 Å². The number of nitrogens with zero attached hydrogens (tertiary/aromatic N) is 3. The topological polar surface area (TPSA) is 95.8 Å². The molecule has 8 heteroatoms. The lowest BCUT2D eigenvalue weighted by Crippen LogP contribution is -2.56. The second-order valence-electron chi connectivity index (χ2n) is 8.12. The zero-order chi connectivity index (χ0) is 22.5. The number of aryl methyl sites for hydroxylation is 1. The summed E-state index contributed by atoms with van der Waals surface area (Å²) in [4.78, 5) is 40.4. The number of amides is 2. The molecule has 2 amide bonds. The summed E-state index contributed by atoms with van der Waals surface area (Å²) in [5, 5.41) is 14.2. The smallest absolute Gasteiger partial charge is 0.292 e. The zero-order valence-corrected chi connectivity index (χ0v) is 18.1. The second-order valence-corrected chi connectivity index (χ2v) is 8.12. The van der Waals surface area contributed by atoms with Crippen LogP contribution < -0.4 is 10.2 Å². The van der Waals surface area contributed by atoms with Gasteiger partial charge >= 0.3 is 0 Å². The molecule has 1 aliphatic rings. The third kappa shape index (κ3) is 5.20. The number of benzene rings is 2. The number of hydrogen-bond donors (Lipinski definition) is 1. The molecule has 1 unspecified atom stereocenters. The Hall–Kier alpha value is -3.42. The van der Waals surface area contributed by atoms with E-state index in [9.17, 15) is 19.7 Å². The molecule has 164 valence electrons. The molecule has 1 saturated heterocycles. The van der Waals surface area contributed by atoms with E-state index in [1.165, 1.54) is 6.07 Å². The van der Waals surface area contributed by atoms with E-state index < -0.39 is 6.04 Å². The van der Waals surface area contributed by atoms with E-state index in [1.807, 2.05) is 37.8 Å². The summed E-state index contributed by atoms with van der Waals surface area (Å²) in [6.07, 6.45) is 0. The molecule has 1 heterocycles. The number of anilines is 1. The Morgan fingerprint density at radius 1 is 1.03 bits per heavy atom. The van der Waals surface area contributed by atoms with Crippen molar-refractivity contribution in [2.75, 3.05) is 31.1 Å². The first-order valence-electron chi connectivity index (χ1n) is 10.4. The fourth-order valence-corrected chi connectivity index (χ4v) is 3.77. The van der Waals surface area contributed by atoms with Gasteiger partial charge in [-0.25, -0.2) is 0 Å². The van der Waals surface area contributed by atoms with Crippen molar-refractivity contribution in [1.82, 2.24) is 10.2 Å². The SMILES string of the molecule is Cc1cccc(C(=O)NC(C(=O)N2CCN(c3ccccc3[N+](=O)[O-])CC2)C(C)C)c1. The largest absolute Gasteiger partial charge is 0.362 e. The van der Waals surface area contributed by atoms with Gasteiger partial charge in [-0.1, -0.05) is 43.7 Å². The lowest BCUT2D eigenvalue weighted by atomic mass is 10.0. The van der Waals surface area contributed by atoms with Crippen molar-refractivity contribution in [3.8, 4) is 0 Å². The van der Waals surface area contributed by atoms with Crippen molar-refractivity contribution in [1.29, 1.82) is 0 Å². The number of carbonyl (C=O) groups excluding carboxylic acids is 2. The zero-order valence-electron chi connectivity index (χ0n) is 18.1. The fraction of sp³-hybridized carbons (Fsp3) is 0.391. The third-order valence-corrected chi connectivity index (χ3v) is 5.51. The van der Waals surface area contributed by atoms with E-state index in [0.717, 1.165) is 5.56 Å². The highest BCUT2D eigenvalue weighted by molar-refractivity contribution is 5.97. The average molecular weight is 425 g/mol. The molecule has 31 heavy (non-hydrogen) atoms. The minimum Gasteiger partial charge on any atom is -0.362 e. The lowest BCUT2D eigenvalue weighted by Gasteiger charge is -2.38. The predicted octanol–water partition coefficient (Wildman–Crippen LogP) is 3.01. The number of para-hydroxylation sites is 2. The van der Waals surface area contributed by atoms with Crippen LogP contribution in [0.2, 0.25) is 0 Å². The standard InChI is InChI=1S/C23H28N4O4/c1-16(2)21(24-22(28)18-8-6-7-17(3)15-18)23(29)26-13-11-25(12-14-26)19-9-4-5-10-20(19)27(30)31/h4-10,15-16,21H,11-14H2,1-3H3,(H,24,28). The molecule has 3 rings (SSSR count). The first-order chi connectivity index (χ1) is 14.8. The summed E-state index contributed by atoms with van der Waals surface area (Å²) >= 11 is 0. The third-order valence-electron chi connectivity index (χ3n) is 5.51. The van der Waals surface area contributed by atoms with Gasteiger partial charge in [0.2, 0.25) is 5.91 Å². The highest BCUT2D eigenvalue weighted by Crippen LogP contribution is 2.28. The molecule has 0 saturated carbocycles. The number of nitrogens with one attached hydrogen (secondary N) is 1. The number of carbonyl (C=O) groups is 2. The van der Waals surface area contributed by atoms with Gasteiger partial charge in [0.05, 0.1) is 4.92 Å². The van der Waals surface area contributed by atoms with Gasteiger partial charge in [-0.2, -0.15) is 0 Å². The molecule has 0 radical (unpaired) electrons. The van der Waals surface area contributed by atoms with Gasteiger partial charge < -0.3 is 15.1 Å². The normalized spacial score (nSPS) is 15.0. The van der Waals surface area contributed by atoms with E-state index in [1.54, 1.807) is 35.2 Å². The van der Waals surface area contributed by atoms with E-state index in [2.05, 4.69) is 5.32 Å². The molecule has 0 bridgehead atoms. The van der Waals surface area contributed by atoms with Gasteiger partial charge in [-0.15, -0.1) is 0 Å². The maximum absolute atomic E-state index is 13.2. The number of piperazine rings is 1. The summed E-state index contributed by atoms with van der Waals surface area (Å²) < 4.78 is 0. The maximum Gasteiger partial charge on any atom is 0.292 e. The van der Waals surface area contributed by atoms with Crippen molar-refractivity contribution in [2.24, 2.45) is 5.92 Å². The first kappa shape index (κ1) is 22.3. The van der Waals surface area contributed by atoms with E-state index in [-0.39, 0.29) is 28.3 Å². The maximum atomic E-state index is 13.2. The Morgan fingerprint density at radius 3 is 2.32 bits per heavy atom. The Labute approximate surface area is 182 Å². The molecule has 1 atom stereocenters. The van der Waals surface area contributed by atoms with Gasteiger partial charge in [0.25, 0.3) is 11.6 Å². The van der Waals surface area contributed by atoms with Gasteiger partial charge in [-0.05, 0) is 31.0 Å². The number of nitro benzene ring substituents is 1. The van der Waals surface area contributed by atoms with Crippen LogP contribution in [0.4, 0.5) is 11.4 Å². The minimum absolute atomic E-state index is 0.0627. The van der Waals surface area contributed by atoms with Crippen LogP contribution in [0.25, 0.3) is 0 Å². The molecule has 0 spiro atoms. The molecule has 0 aliphatic carbocycles. The molecule has 1 aliphatic heterocycles. The quantitative estimate of drug-likeness (QED) is 0.568. The lowest BCUT2D eigenvalue weighted by molar-refractivity contribution is -0.384.